The first-order valence-corrected chi connectivity index (χ1v) is 6.68. The van der Waals surface area contributed by atoms with E-state index >= 15 is 0 Å². The number of fused-ring (bicyclic) bond motifs is 1. The fourth-order valence-electron chi connectivity index (χ4n) is 1.87. The Balaban J connectivity index is 1.89. The van der Waals surface area contributed by atoms with Crippen molar-refractivity contribution in [2.45, 2.75) is 0 Å². The fraction of sp³-hybridized carbons (Fsp3) is 0. The summed E-state index contributed by atoms with van der Waals surface area (Å²) in [6.07, 6.45) is 0. The lowest BCUT2D eigenvalue weighted by Crippen LogP contribution is -2.11. The third-order valence-corrected chi connectivity index (χ3v) is 3.48. The number of hydrogen-bond donors (Lipinski definition) is 1. The second-order valence-electron chi connectivity index (χ2n) is 4.23. The van der Waals surface area contributed by atoms with Crippen LogP contribution in [-0.4, -0.2) is 5.91 Å². The maximum absolute atomic E-state index is 13.0. The highest BCUT2D eigenvalue weighted by molar-refractivity contribution is 9.10. The Kier molecular flexibility index (Phi) is 3.28. The number of rotatable bonds is 2. The maximum atomic E-state index is 13.0. The van der Waals surface area contributed by atoms with E-state index in [1.807, 2.05) is 18.2 Å². The molecule has 2 aromatic carbocycles. The highest BCUT2D eigenvalue weighted by atomic mass is 79.9. The van der Waals surface area contributed by atoms with Crippen molar-refractivity contribution in [2.24, 2.45) is 0 Å². The Bertz CT molecular complexity index is 764. The van der Waals surface area contributed by atoms with E-state index in [0.29, 0.717) is 15.7 Å². The predicted molar refractivity (Wildman–Crippen MR) is 78.3 cm³/mol. The van der Waals surface area contributed by atoms with Gasteiger partial charge in [-0.2, -0.15) is 0 Å². The van der Waals surface area contributed by atoms with Gasteiger partial charge in [0, 0.05) is 9.86 Å². The average molecular weight is 334 g/mol. The molecule has 3 rings (SSSR count). The lowest BCUT2D eigenvalue weighted by molar-refractivity contribution is 0.0998. The molecule has 0 bridgehead atoms. The van der Waals surface area contributed by atoms with E-state index in [9.17, 15) is 9.18 Å². The Morgan fingerprint density at radius 3 is 2.70 bits per heavy atom. The van der Waals surface area contributed by atoms with Crippen molar-refractivity contribution in [1.82, 2.24) is 0 Å². The van der Waals surface area contributed by atoms with Crippen LogP contribution in [0.25, 0.3) is 11.0 Å². The molecule has 0 aliphatic carbocycles. The number of carbonyl (C=O) groups excluding carboxylic acids is 1. The number of halogens is 2. The lowest BCUT2D eigenvalue weighted by atomic mass is 10.2. The van der Waals surface area contributed by atoms with Crippen LogP contribution in [0.5, 0.6) is 0 Å². The molecule has 1 N–H and O–H groups in total. The second-order valence-corrected chi connectivity index (χ2v) is 5.08. The Morgan fingerprint density at radius 1 is 1.15 bits per heavy atom. The monoisotopic (exact) mass is 333 g/mol. The fourth-order valence-corrected chi connectivity index (χ4v) is 2.32. The molecule has 0 saturated heterocycles. The molecule has 3 aromatic rings. The Labute approximate surface area is 122 Å². The summed E-state index contributed by atoms with van der Waals surface area (Å²) in [6.45, 7) is 0. The van der Waals surface area contributed by atoms with Crippen LogP contribution in [0.2, 0.25) is 0 Å². The Morgan fingerprint density at radius 2 is 1.95 bits per heavy atom. The van der Waals surface area contributed by atoms with Crippen LogP contribution >= 0.6 is 15.9 Å². The first kappa shape index (κ1) is 12.9. The molecule has 0 fully saturated rings. The van der Waals surface area contributed by atoms with Gasteiger partial charge in [0.1, 0.15) is 11.4 Å². The molecule has 0 aliphatic rings. The van der Waals surface area contributed by atoms with Gasteiger partial charge in [-0.15, -0.1) is 0 Å². The quantitative estimate of drug-likeness (QED) is 0.745. The highest BCUT2D eigenvalue weighted by Gasteiger charge is 2.13. The number of amides is 1. The third-order valence-electron chi connectivity index (χ3n) is 2.83. The van der Waals surface area contributed by atoms with Gasteiger partial charge in [0.15, 0.2) is 5.76 Å². The molecular formula is C15H9BrFNO2. The van der Waals surface area contributed by atoms with E-state index < -0.39 is 0 Å². The first-order chi connectivity index (χ1) is 9.63. The minimum Gasteiger partial charge on any atom is -0.451 e. The highest BCUT2D eigenvalue weighted by Crippen LogP contribution is 2.25. The van der Waals surface area contributed by atoms with Gasteiger partial charge in [0.2, 0.25) is 0 Å². The van der Waals surface area contributed by atoms with E-state index in [0.717, 1.165) is 5.39 Å². The van der Waals surface area contributed by atoms with E-state index in [2.05, 4.69) is 21.2 Å². The van der Waals surface area contributed by atoms with Crippen molar-refractivity contribution in [3.05, 3.63) is 64.6 Å². The van der Waals surface area contributed by atoms with Gasteiger partial charge in [-0.3, -0.25) is 4.79 Å². The first-order valence-electron chi connectivity index (χ1n) is 5.88. The Hall–Kier alpha value is -2.14. The zero-order valence-corrected chi connectivity index (χ0v) is 11.8. The third kappa shape index (κ3) is 2.44. The van der Waals surface area contributed by atoms with Crippen molar-refractivity contribution in [2.75, 3.05) is 5.32 Å². The van der Waals surface area contributed by atoms with Crippen molar-refractivity contribution in [3.63, 3.8) is 0 Å². The van der Waals surface area contributed by atoms with Gasteiger partial charge >= 0.3 is 0 Å². The van der Waals surface area contributed by atoms with Gasteiger partial charge in [0.25, 0.3) is 5.91 Å². The molecule has 0 saturated carbocycles. The number of carbonyl (C=O) groups is 1. The lowest BCUT2D eigenvalue weighted by Gasteiger charge is -2.05. The van der Waals surface area contributed by atoms with Crippen molar-refractivity contribution < 1.29 is 13.6 Å². The normalized spacial score (nSPS) is 10.7. The second kappa shape index (κ2) is 5.09. The number of para-hydroxylation sites is 1. The summed E-state index contributed by atoms with van der Waals surface area (Å²) < 4.78 is 18.9. The van der Waals surface area contributed by atoms with Gasteiger partial charge in [-0.25, -0.2) is 4.39 Å². The number of anilines is 1. The van der Waals surface area contributed by atoms with E-state index in [4.69, 9.17) is 4.42 Å². The van der Waals surface area contributed by atoms with E-state index in [-0.39, 0.29) is 17.5 Å². The van der Waals surface area contributed by atoms with Gasteiger partial charge in [0.05, 0.1) is 5.69 Å². The molecule has 1 aromatic heterocycles. The topological polar surface area (TPSA) is 42.2 Å². The van der Waals surface area contributed by atoms with Crippen molar-refractivity contribution >= 4 is 38.5 Å². The molecule has 100 valence electrons. The van der Waals surface area contributed by atoms with Gasteiger partial charge in [-0.05, 0) is 46.3 Å². The summed E-state index contributed by atoms with van der Waals surface area (Å²) >= 11 is 3.20. The summed E-state index contributed by atoms with van der Waals surface area (Å²) in [4.78, 5) is 12.1. The van der Waals surface area contributed by atoms with Crippen LogP contribution in [0.1, 0.15) is 10.6 Å². The molecule has 0 unspecified atom stereocenters. The van der Waals surface area contributed by atoms with E-state index in [1.165, 1.54) is 18.2 Å². The van der Waals surface area contributed by atoms with E-state index in [1.54, 1.807) is 12.1 Å². The molecule has 20 heavy (non-hydrogen) atoms. The predicted octanol–water partition coefficient (Wildman–Crippen LogP) is 4.59. The molecule has 1 amide bonds. The van der Waals surface area contributed by atoms with Crippen LogP contribution in [0.15, 0.2) is 57.4 Å². The van der Waals surface area contributed by atoms with Crippen LogP contribution in [0.4, 0.5) is 10.1 Å². The molecule has 1 heterocycles. The molecule has 3 nitrogen and oxygen atoms in total. The van der Waals surface area contributed by atoms with Crippen LogP contribution in [-0.2, 0) is 0 Å². The molecule has 5 heteroatoms. The maximum Gasteiger partial charge on any atom is 0.291 e. The standard InChI is InChI=1S/C15H9BrFNO2/c16-11-8-10(17)5-6-12(11)18-15(19)14-7-9-3-1-2-4-13(9)20-14/h1-8H,(H,18,19). The summed E-state index contributed by atoms with van der Waals surface area (Å²) in [5.41, 5.74) is 1.13. The minimum absolute atomic E-state index is 0.211. The number of hydrogen-bond acceptors (Lipinski definition) is 2. The van der Waals surface area contributed by atoms with Gasteiger partial charge in [-0.1, -0.05) is 18.2 Å². The van der Waals surface area contributed by atoms with Gasteiger partial charge < -0.3 is 9.73 Å². The summed E-state index contributed by atoms with van der Waals surface area (Å²) in [5.74, 6) is -0.547. The average Bonchev–Trinajstić information content (AvgIpc) is 2.86. The molecule has 0 aliphatic heterocycles. The molecule has 0 radical (unpaired) electrons. The summed E-state index contributed by atoms with van der Waals surface area (Å²) in [5, 5.41) is 3.53. The number of furan rings is 1. The smallest absolute Gasteiger partial charge is 0.291 e. The number of nitrogens with one attached hydrogen (secondary N) is 1. The van der Waals surface area contributed by atoms with Crippen molar-refractivity contribution in [1.29, 1.82) is 0 Å². The summed E-state index contributed by atoms with van der Waals surface area (Å²) in [7, 11) is 0. The largest absolute Gasteiger partial charge is 0.451 e. The minimum atomic E-state index is -0.381. The molecule has 0 atom stereocenters. The SMILES string of the molecule is O=C(Nc1ccc(F)cc1Br)c1cc2ccccc2o1. The van der Waals surface area contributed by atoms with Crippen LogP contribution in [0.3, 0.4) is 0 Å². The van der Waals surface area contributed by atoms with Crippen molar-refractivity contribution in [3.8, 4) is 0 Å². The van der Waals surface area contributed by atoms with Crippen LogP contribution in [0, 0.1) is 5.82 Å². The molecule has 0 spiro atoms. The zero-order chi connectivity index (χ0) is 14.1. The zero-order valence-electron chi connectivity index (χ0n) is 10.2. The summed E-state index contributed by atoms with van der Waals surface area (Å²) in [6, 6.07) is 13.1. The van der Waals surface area contributed by atoms with Crippen LogP contribution < -0.4 is 5.32 Å². The molecular weight excluding hydrogens is 325 g/mol. The number of benzene rings is 2.